The van der Waals surface area contributed by atoms with Gasteiger partial charge in [-0.25, -0.2) is 9.78 Å². The molecule has 0 aliphatic heterocycles. The van der Waals surface area contributed by atoms with Crippen LogP contribution in [0, 0.1) is 6.92 Å². The first kappa shape index (κ1) is 9.92. The van der Waals surface area contributed by atoms with Crippen molar-refractivity contribution in [3.05, 3.63) is 34.1 Å². The molecule has 4 heteroatoms. The highest BCUT2D eigenvalue weighted by atomic mass is 79.9. The number of hydrogen-bond donors (Lipinski definition) is 1. The Morgan fingerprint density at radius 2 is 2.38 bits per heavy atom. The van der Waals surface area contributed by atoms with Crippen molar-refractivity contribution in [1.29, 1.82) is 0 Å². The van der Waals surface area contributed by atoms with Gasteiger partial charge in [-0.3, -0.25) is 0 Å². The van der Waals surface area contributed by atoms with E-state index < -0.39 is 5.97 Å². The standard InChI is InChI=1S/C9H8BrNO2/c1-6-4-7(2-3-8(12)13)5-11-9(6)10/h2-5H,1H3,(H,12,13)/b3-2+. The van der Waals surface area contributed by atoms with Gasteiger partial charge >= 0.3 is 5.97 Å². The van der Waals surface area contributed by atoms with Crippen molar-refractivity contribution in [2.75, 3.05) is 0 Å². The largest absolute Gasteiger partial charge is 0.478 e. The van der Waals surface area contributed by atoms with Crippen molar-refractivity contribution < 1.29 is 9.90 Å². The van der Waals surface area contributed by atoms with Crippen LogP contribution in [0.5, 0.6) is 0 Å². The number of halogens is 1. The highest BCUT2D eigenvalue weighted by Crippen LogP contribution is 2.14. The van der Waals surface area contributed by atoms with Crippen LogP contribution < -0.4 is 0 Å². The van der Waals surface area contributed by atoms with Crippen molar-refractivity contribution in [3.63, 3.8) is 0 Å². The van der Waals surface area contributed by atoms with Crippen molar-refractivity contribution in [2.24, 2.45) is 0 Å². The molecule has 0 fully saturated rings. The van der Waals surface area contributed by atoms with Crippen LogP contribution in [-0.2, 0) is 4.79 Å². The number of carboxylic acids is 1. The number of carbonyl (C=O) groups is 1. The van der Waals surface area contributed by atoms with Gasteiger partial charge in [-0.05, 0) is 46.1 Å². The number of pyridine rings is 1. The first-order valence-electron chi connectivity index (χ1n) is 3.63. The molecule has 0 saturated heterocycles. The lowest BCUT2D eigenvalue weighted by Gasteiger charge is -1.97. The SMILES string of the molecule is Cc1cc(/C=C/C(=O)O)cnc1Br. The Balaban J connectivity index is 2.92. The third kappa shape index (κ3) is 2.99. The second-order valence-electron chi connectivity index (χ2n) is 2.55. The smallest absolute Gasteiger partial charge is 0.328 e. The van der Waals surface area contributed by atoms with Crippen molar-refractivity contribution >= 4 is 28.0 Å². The van der Waals surface area contributed by atoms with Crippen LogP contribution in [0.2, 0.25) is 0 Å². The van der Waals surface area contributed by atoms with Gasteiger partial charge in [-0.1, -0.05) is 0 Å². The normalized spacial score (nSPS) is 10.6. The van der Waals surface area contributed by atoms with Gasteiger partial charge < -0.3 is 5.11 Å². The molecule has 0 spiro atoms. The maximum Gasteiger partial charge on any atom is 0.328 e. The molecule has 0 aromatic carbocycles. The van der Waals surface area contributed by atoms with Gasteiger partial charge in [0.05, 0.1) is 0 Å². The van der Waals surface area contributed by atoms with E-state index in [1.54, 1.807) is 6.20 Å². The molecule has 0 saturated carbocycles. The molecule has 0 radical (unpaired) electrons. The average molecular weight is 242 g/mol. The quantitative estimate of drug-likeness (QED) is 0.639. The van der Waals surface area contributed by atoms with Gasteiger partial charge in [0.1, 0.15) is 4.60 Å². The fraction of sp³-hybridized carbons (Fsp3) is 0.111. The van der Waals surface area contributed by atoms with E-state index in [1.807, 2.05) is 13.0 Å². The van der Waals surface area contributed by atoms with Crippen LogP contribution in [-0.4, -0.2) is 16.1 Å². The summed E-state index contributed by atoms with van der Waals surface area (Å²) in [6.45, 7) is 1.90. The summed E-state index contributed by atoms with van der Waals surface area (Å²) in [4.78, 5) is 14.2. The highest BCUT2D eigenvalue weighted by molar-refractivity contribution is 9.10. The molecule has 1 N–H and O–H groups in total. The number of rotatable bonds is 2. The summed E-state index contributed by atoms with van der Waals surface area (Å²) in [6, 6.07) is 1.86. The molecule has 3 nitrogen and oxygen atoms in total. The number of hydrogen-bond acceptors (Lipinski definition) is 2. The lowest BCUT2D eigenvalue weighted by Crippen LogP contribution is -1.87. The summed E-state index contributed by atoms with van der Waals surface area (Å²) in [5.74, 6) is -0.958. The monoisotopic (exact) mass is 241 g/mol. The Morgan fingerprint density at radius 1 is 1.69 bits per heavy atom. The molecule has 0 atom stereocenters. The fourth-order valence-electron chi connectivity index (χ4n) is 0.839. The molecule has 1 aromatic heterocycles. The molecule has 13 heavy (non-hydrogen) atoms. The second kappa shape index (κ2) is 4.18. The van der Waals surface area contributed by atoms with E-state index in [4.69, 9.17) is 5.11 Å². The zero-order valence-corrected chi connectivity index (χ0v) is 8.58. The molecule has 0 bridgehead atoms. The number of carboxylic acid groups (broad SMARTS) is 1. The van der Waals surface area contributed by atoms with E-state index in [-0.39, 0.29) is 0 Å². The summed E-state index contributed by atoms with van der Waals surface area (Å²) in [5.41, 5.74) is 1.76. The van der Waals surface area contributed by atoms with Gasteiger partial charge in [0.2, 0.25) is 0 Å². The number of nitrogens with zero attached hydrogens (tertiary/aromatic N) is 1. The molecular formula is C9H8BrNO2. The lowest BCUT2D eigenvalue weighted by molar-refractivity contribution is -0.131. The zero-order valence-electron chi connectivity index (χ0n) is 6.99. The van der Waals surface area contributed by atoms with E-state index in [2.05, 4.69) is 20.9 Å². The van der Waals surface area contributed by atoms with E-state index in [1.165, 1.54) is 6.08 Å². The van der Waals surface area contributed by atoms with Crippen LogP contribution in [0.15, 0.2) is 22.9 Å². The minimum atomic E-state index is -0.958. The third-order valence-corrected chi connectivity index (χ3v) is 2.28. The summed E-state index contributed by atoms with van der Waals surface area (Å²) in [6.07, 6.45) is 4.20. The number of aromatic nitrogens is 1. The van der Waals surface area contributed by atoms with Crippen molar-refractivity contribution in [1.82, 2.24) is 4.98 Å². The van der Waals surface area contributed by atoms with E-state index in [0.29, 0.717) is 0 Å². The third-order valence-electron chi connectivity index (χ3n) is 1.45. The molecule has 1 heterocycles. The predicted molar refractivity (Wildman–Crippen MR) is 53.3 cm³/mol. The highest BCUT2D eigenvalue weighted by Gasteiger charge is 1.96. The lowest BCUT2D eigenvalue weighted by atomic mass is 10.2. The maximum absolute atomic E-state index is 10.2. The minimum absolute atomic E-state index is 0.778. The number of aliphatic carboxylic acids is 1. The summed E-state index contributed by atoms with van der Waals surface area (Å²) >= 11 is 3.26. The molecule has 0 aliphatic carbocycles. The summed E-state index contributed by atoms with van der Waals surface area (Å²) in [5, 5.41) is 8.38. The Bertz CT molecular complexity index is 361. The predicted octanol–water partition coefficient (Wildman–Crippen LogP) is 2.25. The van der Waals surface area contributed by atoms with E-state index in [9.17, 15) is 4.79 Å². The van der Waals surface area contributed by atoms with Crippen LogP contribution >= 0.6 is 15.9 Å². The molecular weight excluding hydrogens is 234 g/mol. The van der Waals surface area contributed by atoms with Gasteiger partial charge in [-0.15, -0.1) is 0 Å². The van der Waals surface area contributed by atoms with Crippen molar-refractivity contribution in [3.8, 4) is 0 Å². The fourth-order valence-corrected chi connectivity index (χ4v) is 1.06. The Kier molecular flexibility index (Phi) is 3.19. The minimum Gasteiger partial charge on any atom is -0.478 e. The topological polar surface area (TPSA) is 50.2 Å². The second-order valence-corrected chi connectivity index (χ2v) is 3.30. The Morgan fingerprint density at radius 3 is 2.92 bits per heavy atom. The summed E-state index contributed by atoms with van der Waals surface area (Å²) < 4.78 is 0.778. The Labute approximate surface area is 84.2 Å². The van der Waals surface area contributed by atoms with Gasteiger partial charge in [0.15, 0.2) is 0 Å². The van der Waals surface area contributed by atoms with Crippen LogP contribution in [0.1, 0.15) is 11.1 Å². The Hall–Kier alpha value is -1.16. The zero-order chi connectivity index (χ0) is 9.84. The van der Waals surface area contributed by atoms with Crippen LogP contribution in [0.4, 0.5) is 0 Å². The number of aryl methyl sites for hydroxylation is 1. The molecule has 68 valence electrons. The molecule has 0 unspecified atom stereocenters. The molecule has 1 aromatic rings. The average Bonchev–Trinajstić information content (AvgIpc) is 2.07. The van der Waals surface area contributed by atoms with Crippen LogP contribution in [0.25, 0.3) is 6.08 Å². The molecule has 1 rings (SSSR count). The summed E-state index contributed by atoms with van der Waals surface area (Å²) in [7, 11) is 0. The first-order valence-corrected chi connectivity index (χ1v) is 4.42. The van der Waals surface area contributed by atoms with Crippen molar-refractivity contribution in [2.45, 2.75) is 6.92 Å². The van der Waals surface area contributed by atoms with E-state index >= 15 is 0 Å². The molecule has 0 amide bonds. The van der Waals surface area contributed by atoms with Crippen LogP contribution in [0.3, 0.4) is 0 Å². The van der Waals surface area contributed by atoms with E-state index in [0.717, 1.165) is 21.8 Å². The first-order chi connectivity index (χ1) is 6.09. The molecule has 0 aliphatic rings. The van der Waals surface area contributed by atoms with Gasteiger partial charge in [0, 0.05) is 12.3 Å². The maximum atomic E-state index is 10.2. The van der Waals surface area contributed by atoms with Gasteiger partial charge in [-0.2, -0.15) is 0 Å². The van der Waals surface area contributed by atoms with Gasteiger partial charge in [0.25, 0.3) is 0 Å².